The van der Waals surface area contributed by atoms with E-state index in [1.807, 2.05) is 19.0 Å². The van der Waals surface area contributed by atoms with Crippen molar-refractivity contribution < 1.29 is 32.2 Å². The number of rotatable bonds is 6. The van der Waals surface area contributed by atoms with Crippen LogP contribution in [0.1, 0.15) is 16.6 Å². The van der Waals surface area contributed by atoms with Gasteiger partial charge in [0.25, 0.3) is 5.91 Å². The van der Waals surface area contributed by atoms with Gasteiger partial charge in [-0.05, 0) is 37.3 Å². The highest BCUT2D eigenvalue weighted by Crippen LogP contribution is 2.34. The Morgan fingerprint density at radius 3 is 2.40 bits per heavy atom. The fourth-order valence-electron chi connectivity index (χ4n) is 2.27. The summed E-state index contributed by atoms with van der Waals surface area (Å²) >= 11 is 2.60. The molecule has 1 aromatic carbocycles. The lowest BCUT2D eigenvalue weighted by Gasteiger charge is -2.13. The predicted molar refractivity (Wildman–Crippen MR) is 108 cm³/mol. The Labute approximate surface area is 177 Å². The third kappa shape index (κ3) is 5.39. The Hall–Kier alpha value is -2.86. The third-order valence-corrected chi connectivity index (χ3v) is 5.98. The van der Waals surface area contributed by atoms with Gasteiger partial charge in [0.1, 0.15) is 15.5 Å². The van der Waals surface area contributed by atoms with E-state index >= 15 is 0 Å². The number of ether oxygens (including phenoxy) is 2. The molecule has 0 aliphatic rings. The molecule has 2 aromatic heterocycles. The van der Waals surface area contributed by atoms with E-state index in [4.69, 9.17) is 4.74 Å². The molecule has 30 heavy (non-hydrogen) atoms. The second-order valence-electron chi connectivity index (χ2n) is 6.28. The van der Waals surface area contributed by atoms with Crippen LogP contribution in [0.15, 0.2) is 30.3 Å². The Bertz CT molecular complexity index is 1030. The summed E-state index contributed by atoms with van der Waals surface area (Å²) in [6.45, 7) is 1.40. The van der Waals surface area contributed by atoms with Crippen LogP contribution in [0.4, 0.5) is 24.0 Å². The lowest BCUT2D eigenvalue weighted by atomic mass is 10.3. The van der Waals surface area contributed by atoms with Crippen molar-refractivity contribution in [3.05, 3.63) is 35.2 Å². The third-order valence-electron chi connectivity index (χ3n) is 3.67. The van der Waals surface area contributed by atoms with E-state index in [0.29, 0.717) is 9.71 Å². The van der Waals surface area contributed by atoms with Crippen molar-refractivity contribution in [1.82, 2.24) is 4.98 Å². The molecular formula is C18H16F3N3O4S2. The molecule has 7 nitrogen and oxygen atoms in total. The number of esters is 1. The van der Waals surface area contributed by atoms with Gasteiger partial charge in [-0.25, -0.2) is 9.78 Å². The van der Waals surface area contributed by atoms with Gasteiger partial charge in [0.2, 0.25) is 0 Å². The lowest BCUT2D eigenvalue weighted by molar-refractivity contribution is -0.274. The van der Waals surface area contributed by atoms with Crippen molar-refractivity contribution in [2.24, 2.45) is 0 Å². The molecule has 0 aliphatic carbocycles. The first-order valence-corrected chi connectivity index (χ1v) is 10.1. The number of halogens is 3. The van der Waals surface area contributed by atoms with E-state index in [0.717, 1.165) is 22.0 Å². The second-order valence-corrected chi connectivity index (χ2v) is 8.32. The second kappa shape index (κ2) is 8.48. The minimum atomic E-state index is -4.80. The molecule has 0 saturated heterocycles. The van der Waals surface area contributed by atoms with E-state index < -0.39 is 30.1 Å². The number of nitrogens with one attached hydrogen (secondary N) is 1. The largest absolute Gasteiger partial charge is 0.573 e. The van der Waals surface area contributed by atoms with Gasteiger partial charge >= 0.3 is 12.3 Å². The summed E-state index contributed by atoms with van der Waals surface area (Å²) in [5.41, 5.74) is 0.231. The number of carbonyl (C=O) groups is 2. The number of hydrogen-bond acceptors (Lipinski definition) is 8. The zero-order valence-corrected chi connectivity index (χ0v) is 17.6. The zero-order chi connectivity index (χ0) is 22.1. The molecule has 1 atom stereocenters. The van der Waals surface area contributed by atoms with Gasteiger partial charge in [0.15, 0.2) is 11.2 Å². The molecule has 0 fully saturated rings. The molecule has 0 aliphatic heterocycles. The van der Waals surface area contributed by atoms with Crippen molar-refractivity contribution in [2.45, 2.75) is 19.4 Å². The summed E-state index contributed by atoms with van der Waals surface area (Å²) < 4.78 is 46.3. The maximum absolute atomic E-state index is 12.3. The van der Waals surface area contributed by atoms with Gasteiger partial charge in [-0.15, -0.1) is 24.5 Å². The molecule has 0 bridgehead atoms. The average Bonchev–Trinajstić information content (AvgIpc) is 3.21. The molecule has 1 N–H and O–H groups in total. The smallest absolute Gasteiger partial charge is 0.448 e. The minimum absolute atomic E-state index is 0.231. The summed E-state index contributed by atoms with van der Waals surface area (Å²) in [5, 5.41) is 3.28. The number of thiazole rings is 1. The standard InChI is InChI=1S/C18H16F3N3O4S2/c1-9(14(25)22-10-4-6-11(7-5-10)28-18(19,20)21)27-16(26)13-8-12-15(29-13)23-17(30-12)24(2)3/h4-9H,1-3H3,(H,22,25). The zero-order valence-electron chi connectivity index (χ0n) is 15.9. The van der Waals surface area contributed by atoms with Gasteiger partial charge in [-0.1, -0.05) is 11.3 Å². The first-order chi connectivity index (χ1) is 14.0. The molecular weight excluding hydrogens is 443 g/mol. The minimum Gasteiger partial charge on any atom is -0.448 e. The molecule has 0 saturated carbocycles. The van der Waals surface area contributed by atoms with Gasteiger partial charge in [0, 0.05) is 19.8 Å². The molecule has 1 unspecified atom stereocenters. The number of fused-ring (bicyclic) bond motifs is 1. The number of amides is 1. The number of alkyl halides is 3. The van der Waals surface area contributed by atoms with Crippen LogP contribution in [0.5, 0.6) is 5.75 Å². The van der Waals surface area contributed by atoms with Crippen LogP contribution in [0.2, 0.25) is 0 Å². The summed E-state index contributed by atoms with van der Waals surface area (Å²) in [4.78, 5) is 31.8. The number of benzene rings is 1. The van der Waals surface area contributed by atoms with Crippen LogP contribution in [-0.4, -0.2) is 43.4 Å². The maximum atomic E-state index is 12.3. The Kier molecular flexibility index (Phi) is 6.17. The monoisotopic (exact) mass is 459 g/mol. The highest BCUT2D eigenvalue weighted by atomic mass is 32.1. The summed E-state index contributed by atoms with van der Waals surface area (Å²) in [6.07, 6.45) is -5.91. The normalized spacial score (nSPS) is 12.5. The van der Waals surface area contributed by atoms with Crippen molar-refractivity contribution in [3.63, 3.8) is 0 Å². The summed E-state index contributed by atoms with van der Waals surface area (Å²) in [6, 6.07) is 6.28. The Balaban J connectivity index is 1.58. The molecule has 0 radical (unpaired) electrons. The van der Waals surface area contributed by atoms with Crippen molar-refractivity contribution in [2.75, 3.05) is 24.3 Å². The van der Waals surface area contributed by atoms with E-state index in [-0.39, 0.29) is 5.69 Å². The number of carbonyl (C=O) groups excluding carboxylic acids is 2. The highest BCUT2D eigenvalue weighted by Gasteiger charge is 2.31. The van der Waals surface area contributed by atoms with Crippen molar-refractivity contribution in [3.8, 4) is 5.75 Å². The first-order valence-electron chi connectivity index (χ1n) is 8.47. The quantitative estimate of drug-likeness (QED) is 0.547. The van der Waals surface area contributed by atoms with E-state index in [1.54, 1.807) is 6.07 Å². The van der Waals surface area contributed by atoms with Crippen LogP contribution in [0.25, 0.3) is 9.53 Å². The number of aromatic nitrogens is 1. The molecule has 3 aromatic rings. The molecule has 2 heterocycles. The van der Waals surface area contributed by atoms with E-state index in [9.17, 15) is 22.8 Å². The van der Waals surface area contributed by atoms with Crippen LogP contribution in [-0.2, 0) is 9.53 Å². The van der Waals surface area contributed by atoms with Crippen molar-refractivity contribution >= 4 is 54.9 Å². The van der Waals surface area contributed by atoms with Crippen molar-refractivity contribution in [1.29, 1.82) is 0 Å². The SMILES string of the molecule is CC(OC(=O)c1cc2sc(N(C)C)nc2s1)C(=O)Nc1ccc(OC(F)(F)F)cc1. The highest BCUT2D eigenvalue weighted by molar-refractivity contribution is 7.29. The molecule has 3 rings (SSSR count). The lowest BCUT2D eigenvalue weighted by Crippen LogP contribution is -2.29. The van der Waals surface area contributed by atoms with Gasteiger partial charge in [-0.2, -0.15) is 0 Å². The molecule has 12 heteroatoms. The summed E-state index contributed by atoms with van der Waals surface area (Å²) in [5.74, 6) is -1.70. The molecule has 0 spiro atoms. The van der Waals surface area contributed by atoms with Crippen LogP contribution >= 0.6 is 22.7 Å². The fourth-order valence-corrected chi connectivity index (χ4v) is 4.29. The van der Waals surface area contributed by atoms with E-state index in [2.05, 4.69) is 15.0 Å². The van der Waals surface area contributed by atoms with Gasteiger partial charge in [-0.3, -0.25) is 4.79 Å². The van der Waals surface area contributed by atoms with E-state index in [1.165, 1.54) is 41.7 Å². The summed E-state index contributed by atoms with van der Waals surface area (Å²) in [7, 11) is 3.74. The topological polar surface area (TPSA) is 80.8 Å². The van der Waals surface area contributed by atoms with Crippen LogP contribution in [0.3, 0.4) is 0 Å². The van der Waals surface area contributed by atoms with Gasteiger partial charge in [0.05, 0.1) is 4.70 Å². The van der Waals surface area contributed by atoms with Crippen LogP contribution < -0.4 is 15.0 Å². The number of nitrogens with zero attached hydrogens (tertiary/aromatic N) is 2. The average molecular weight is 459 g/mol. The maximum Gasteiger partial charge on any atom is 0.573 e. The number of hydrogen-bond donors (Lipinski definition) is 1. The first kappa shape index (κ1) is 21.8. The van der Waals surface area contributed by atoms with Crippen LogP contribution in [0, 0.1) is 0 Å². The van der Waals surface area contributed by atoms with Gasteiger partial charge < -0.3 is 19.7 Å². The fraction of sp³-hybridized carbons (Fsp3) is 0.278. The Morgan fingerprint density at radius 1 is 1.17 bits per heavy atom. The number of anilines is 2. The molecule has 160 valence electrons. The Morgan fingerprint density at radius 2 is 1.83 bits per heavy atom. The molecule has 1 amide bonds. The predicted octanol–water partition coefficient (Wildman–Crippen LogP) is 4.51. The number of thiophene rings is 1.